The minimum absolute atomic E-state index is 0.0609. The molecular formula is C19H24F3N3O. The van der Waals surface area contributed by atoms with Crippen LogP contribution < -0.4 is 9.64 Å². The molecule has 0 saturated heterocycles. The summed E-state index contributed by atoms with van der Waals surface area (Å²) in [6.07, 6.45) is -3.27. The summed E-state index contributed by atoms with van der Waals surface area (Å²) in [7, 11) is 1.56. The van der Waals surface area contributed by atoms with Gasteiger partial charge in [0.1, 0.15) is 5.56 Å². The smallest absolute Gasteiger partial charge is 0.421 e. The van der Waals surface area contributed by atoms with Gasteiger partial charge >= 0.3 is 12.2 Å². The number of hydrogen-bond acceptors (Lipinski definition) is 4. The SMILES string of the molecule is CCC(C)Oc1ncc(C(F)(F)F)c(N(C)c2cccc(C(C)C)c2)n1. The number of alkyl halides is 3. The van der Waals surface area contributed by atoms with Gasteiger partial charge in [-0.1, -0.05) is 32.9 Å². The molecule has 26 heavy (non-hydrogen) atoms. The lowest BCUT2D eigenvalue weighted by molar-refractivity contribution is -0.137. The molecule has 2 aromatic rings. The normalized spacial score (nSPS) is 13.0. The zero-order valence-corrected chi connectivity index (χ0v) is 15.6. The Labute approximate surface area is 152 Å². The second-order valence-corrected chi connectivity index (χ2v) is 6.53. The van der Waals surface area contributed by atoms with Crippen molar-refractivity contribution in [3.63, 3.8) is 0 Å². The third-order valence-corrected chi connectivity index (χ3v) is 4.18. The van der Waals surface area contributed by atoms with Crippen LogP contribution in [0.1, 0.15) is 51.2 Å². The maximum Gasteiger partial charge on any atom is 0.421 e. The van der Waals surface area contributed by atoms with Crippen molar-refractivity contribution in [2.24, 2.45) is 0 Å². The quantitative estimate of drug-likeness (QED) is 0.670. The summed E-state index contributed by atoms with van der Waals surface area (Å²) < 4.78 is 45.8. The Morgan fingerprint density at radius 1 is 1.19 bits per heavy atom. The van der Waals surface area contributed by atoms with Crippen LogP contribution >= 0.6 is 0 Å². The molecule has 0 aliphatic heterocycles. The van der Waals surface area contributed by atoms with Crippen LogP contribution in [0.15, 0.2) is 30.5 Å². The molecule has 0 N–H and O–H groups in total. The Morgan fingerprint density at radius 2 is 1.88 bits per heavy atom. The van der Waals surface area contributed by atoms with Gasteiger partial charge in [-0.05, 0) is 37.0 Å². The van der Waals surface area contributed by atoms with E-state index in [2.05, 4.69) is 9.97 Å². The number of benzene rings is 1. The second-order valence-electron chi connectivity index (χ2n) is 6.53. The van der Waals surface area contributed by atoms with E-state index in [-0.39, 0.29) is 23.9 Å². The zero-order chi connectivity index (χ0) is 19.5. The molecule has 0 aliphatic rings. The van der Waals surface area contributed by atoms with E-state index in [1.807, 2.05) is 45.9 Å². The molecule has 1 heterocycles. The molecule has 0 spiro atoms. The average Bonchev–Trinajstić information content (AvgIpc) is 2.60. The molecule has 0 aliphatic carbocycles. The molecule has 1 aromatic heterocycles. The van der Waals surface area contributed by atoms with Gasteiger partial charge in [-0.25, -0.2) is 4.98 Å². The van der Waals surface area contributed by atoms with Crippen molar-refractivity contribution >= 4 is 11.5 Å². The van der Waals surface area contributed by atoms with Crippen LogP contribution in [0.4, 0.5) is 24.7 Å². The molecule has 1 atom stereocenters. The van der Waals surface area contributed by atoms with Crippen molar-refractivity contribution in [2.45, 2.75) is 52.3 Å². The zero-order valence-electron chi connectivity index (χ0n) is 15.6. The van der Waals surface area contributed by atoms with Gasteiger partial charge in [0.15, 0.2) is 5.82 Å². The number of ether oxygens (including phenoxy) is 1. The van der Waals surface area contributed by atoms with E-state index >= 15 is 0 Å². The number of hydrogen-bond donors (Lipinski definition) is 0. The fourth-order valence-corrected chi connectivity index (χ4v) is 2.35. The highest BCUT2D eigenvalue weighted by molar-refractivity contribution is 5.63. The molecule has 4 nitrogen and oxygen atoms in total. The van der Waals surface area contributed by atoms with Crippen LogP contribution in [0.25, 0.3) is 0 Å². The number of rotatable bonds is 6. The first-order valence-corrected chi connectivity index (χ1v) is 8.58. The summed E-state index contributed by atoms with van der Waals surface area (Å²) in [5.74, 6) is 0.0341. The average molecular weight is 367 g/mol. The van der Waals surface area contributed by atoms with E-state index in [1.165, 1.54) is 4.90 Å². The van der Waals surface area contributed by atoms with Gasteiger partial charge in [0.2, 0.25) is 0 Å². The fraction of sp³-hybridized carbons (Fsp3) is 0.474. The fourth-order valence-electron chi connectivity index (χ4n) is 2.35. The van der Waals surface area contributed by atoms with Crippen LogP contribution in [-0.2, 0) is 6.18 Å². The second kappa shape index (κ2) is 7.93. The molecule has 0 amide bonds. The highest BCUT2D eigenvalue weighted by Gasteiger charge is 2.37. The van der Waals surface area contributed by atoms with E-state index in [0.717, 1.165) is 11.8 Å². The van der Waals surface area contributed by atoms with E-state index in [1.54, 1.807) is 13.1 Å². The van der Waals surface area contributed by atoms with E-state index in [0.29, 0.717) is 12.1 Å². The van der Waals surface area contributed by atoms with Gasteiger partial charge in [0, 0.05) is 18.9 Å². The van der Waals surface area contributed by atoms with Gasteiger partial charge in [-0.3, -0.25) is 0 Å². The summed E-state index contributed by atoms with van der Waals surface area (Å²) >= 11 is 0. The maximum atomic E-state index is 13.4. The van der Waals surface area contributed by atoms with Crippen molar-refractivity contribution in [1.82, 2.24) is 9.97 Å². The Bertz CT molecular complexity index is 747. The van der Waals surface area contributed by atoms with E-state index in [4.69, 9.17) is 4.74 Å². The summed E-state index contributed by atoms with van der Waals surface area (Å²) in [5, 5.41) is 0. The standard InChI is InChI=1S/C19H24F3N3O/c1-6-13(4)26-18-23-11-16(19(20,21)22)17(24-18)25(5)15-9-7-8-14(10-15)12(2)3/h7-13H,6H2,1-5H3. The first-order chi connectivity index (χ1) is 12.1. The number of aromatic nitrogens is 2. The maximum absolute atomic E-state index is 13.4. The first kappa shape index (κ1) is 20.0. The first-order valence-electron chi connectivity index (χ1n) is 8.58. The van der Waals surface area contributed by atoms with Gasteiger partial charge in [-0.2, -0.15) is 18.2 Å². The summed E-state index contributed by atoms with van der Waals surface area (Å²) in [6, 6.07) is 7.33. The number of halogens is 3. The highest BCUT2D eigenvalue weighted by atomic mass is 19.4. The summed E-state index contributed by atoms with van der Waals surface area (Å²) in [6.45, 7) is 7.79. The molecule has 2 rings (SSSR count). The molecular weight excluding hydrogens is 343 g/mol. The Balaban J connectivity index is 2.50. The molecule has 142 valence electrons. The van der Waals surface area contributed by atoms with Crippen LogP contribution in [0.3, 0.4) is 0 Å². The largest absolute Gasteiger partial charge is 0.460 e. The van der Waals surface area contributed by atoms with Crippen molar-refractivity contribution in [2.75, 3.05) is 11.9 Å². The Kier molecular flexibility index (Phi) is 6.10. The molecule has 1 unspecified atom stereocenters. The van der Waals surface area contributed by atoms with Crippen molar-refractivity contribution in [3.05, 3.63) is 41.6 Å². The molecule has 0 saturated carbocycles. The molecule has 1 aromatic carbocycles. The van der Waals surface area contributed by atoms with Crippen LogP contribution in [0, 0.1) is 0 Å². The molecule has 7 heteroatoms. The minimum Gasteiger partial charge on any atom is -0.460 e. The predicted molar refractivity (Wildman–Crippen MR) is 96.0 cm³/mol. The van der Waals surface area contributed by atoms with Gasteiger partial charge in [-0.15, -0.1) is 0 Å². The monoisotopic (exact) mass is 367 g/mol. The van der Waals surface area contributed by atoms with Gasteiger partial charge < -0.3 is 9.64 Å². The third-order valence-electron chi connectivity index (χ3n) is 4.18. The van der Waals surface area contributed by atoms with Crippen LogP contribution in [0.2, 0.25) is 0 Å². The Morgan fingerprint density at radius 3 is 2.46 bits per heavy atom. The molecule has 0 bridgehead atoms. The molecule has 0 fully saturated rings. The van der Waals surface area contributed by atoms with Gasteiger partial charge in [0.25, 0.3) is 0 Å². The Hall–Kier alpha value is -2.31. The van der Waals surface area contributed by atoms with E-state index in [9.17, 15) is 13.2 Å². The number of anilines is 2. The highest BCUT2D eigenvalue weighted by Crippen LogP contribution is 2.38. The van der Waals surface area contributed by atoms with Gasteiger partial charge in [0.05, 0.1) is 6.10 Å². The summed E-state index contributed by atoms with van der Waals surface area (Å²) in [4.78, 5) is 9.20. The summed E-state index contributed by atoms with van der Waals surface area (Å²) in [5.41, 5.74) is 0.759. The predicted octanol–water partition coefficient (Wildman–Crippen LogP) is 5.56. The van der Waals surface area contributed by atoms with E-state index < -0.39 is 11.7 Å². The van der Waals surface area contributed by atoms with Crippen molar-refractivity contribution < 1.29 is 17.9 Å². The van der Waals surface area contributed by atoms with Crippen molar-refractivity contribution in [1.29, 1.82) is 0 Å². The lowest BCUT2D eigenvalue weighted by atomic mass is 10.0. The van der Waals surface area contributed by atoms with Crippen molar-refractivity contribution in [3.8, 4) is 6.01 Å². The number of nitrogens with zero attached hydrogens (tertiary/aromatic N) is 3. The lowest BCUT2D eigenvalue weighted by Crippen LogP contribution is -2.20. The van der Waals surface area contributed by atoms with Crippen LogP contribution in [0.5, 0.6) is 6.01 Å². The topological polar surface area (TPSA) is 38.2 Å². The molecule has 0 radical (unpaired) electrons. The third kappa shape index (κ3) is 4.65. The van der Waals surface area contributed by atoms with Crippen LogP contribution in [-0.4, -0.2) is 23.1 Å². The minimum atomic E-state index is -4.56. The lowest BCUT2D eigenvalue weighted by Gasteiger charge is -2.24.